The maximum Gasteiger partial charge on any atom is 0.245 e. The van der Waals surface area contributed by atoms with E-state index >= 15 is 0 Å². The van der Waals surface area contributed by atoms with E-state index in [2.05, 4.69) is 5.32 Å². The molecule has 0 spiro atoms. The van der Waals surface area contributed by atoms with Gasteiger partial charge in [0, 0.05) is 6.54 Å². The number of hydrogen-bond donors (Lipinski definition) is 1. The molecule has 2 unspecified atom stereocenters. The van der Waals surface area contributed by atoms with Crippen LogP contribution in [0, 0.1) is 5.92 Å². The number of rotatable bonds is 3. The van der Waals surface area contributed by atoms with Gasteiger partial charge in [-0.3, -0.25) is 9.59 Å². The van der Waals surface area contributed by atoms with Gasteiger partial charge < -0.3 is 10.2 Å². The van der Waals surface area contributed by atoms with Gasteiger partial charge in [0.15, 0.2) is 0 Å². The predicted octanol–water partition coefficient (Wildman–Crippen LogP) is 0.327. The predicted molar refractivity (Wildman–Crippen MR) is 53.9 cm³/mol. The van der Waals surface area contributed by atoms with Crippen molar-refractivity contribution in [2.24, 2.45) is 5.92 Å². The van der Waals surface area contributed by atoms with Crippen LogP contribution in [0.2, 0.25) is 0 Å². The van der Waals surface area contributed by atoms with Gasteiger partial charge in [0.25, 0.3) is 0 Å². The van der Waals surface area contributed by atoms with E-state index in [1.807, 2.05) is 13.8 Å². The van der Waals surface area contributed by atoms with Crippen LogP contribution in [0.3, 0.4) is 0 Å². The Kier molecular flexibility index (Phi) is 3.66. The summed E-state index contributed by atoms with van der Waals surface area (Å²) in [4.78, 5) is 24.7. The Bertz CT molecular complexity index is 268. The van der Waals surface area contributed by atoms with Crippen molar-refractivity contribution in [3.05, 3.63) is 0 Å². The van der Waals surface area contributed by atoms with E-state index < -0.39 is 18.8 Å². The fraction of sp³-hybridized carbons (Fsp3) is 0.800. The highest BCUT2D eigenvalue weighted by molar-refractivity contribution is 5.96. The minimum atomic E-state index is -0.616. The van der Waals surface area contributed by atoms with Crippen molar-refractivity contribution in [2.75, 3.05) is 13.2 Å². The van der Waals surface area contributed by atoms with Gasteiger partial charge in [-0.1, -0.05) is 13.8 Å². The Morgan fingerprint density at radius 2 is 2.07 bits per heavy atom. The van der Waals surface area contributed by atoms with E-state index in [0.29, 0.717) is 0 Å². The number of nitrogens with one attached hydrogen (secondary N) is 1. The van der Waals surface area contributed by atoms with Gasteiger partial charge in [-0.15, -0.1) is 0 Å². The molecule has 0 aromatic carbocycles. The number of hydrogen-bond acceptors (Lipinski definition) is 2. The van der Waals surface area contributed by atoms with Crippen molar-refractivity contribution in [3.63, 3.8) is 0 Å². The average Bonchev–Trinajstić information content (AvgIpc) is 2.13. The summed E-state index contributed by atoms with van der Waals surface area (Å²) in [5, 5.41) is 2.60. The zero-order valence-corrected chi connectivity index (χ0v) is 9.29. The monoisotopic (exact) mass is 216 g/mol. The van der Waals surface area contributed by atoms with Crippen LogP contribution < -0.4 is 5.32 Å². The number of alkyl halides is 1. The summed E-state index contributed by atoms with van der Waals surface area (Å²) in [5.41, 5.74) is 0. The zero-order chi connectivity index (χ0) is 11.6. The smallest absolute Gasteiger partial charge is 0.245 e. The van der Waals surface area contributed by atoms with Crippen LogP contribution in [0.1, 0.15) is 20.8 Å². The second-order valence-electron chi connectivity index (χ2n) is 4.14. The highest BCUT2D eigenvalue weighted by atomic mass is 19.1. The molecule has 2 amide bonds. The second-order valence-corrected chi connectivity index (χ2v) is 4.14. The largest absolute Gasteiger partial charge is 0.343 e. The van der Waals surface area contributed by atoms with Crippen molar-refractivity contribution >= 4 is 11.8 Å². The number of piperazine rings is 1. The number of nitrogens with zero attached hydrogens (tertiary/aromatic N) is 1. The summed E-state index contributed by atoms with van der Waals surface area (Å²) in [7, 11) is 0. The van der Waals surface area contributed by atoms with E-state index in [1.54, 1.807) is 6.92 Å². The first-order valence-corrected chi connectivity index (χ1v) is 5.15. The molecule has 1 saturated heterocycles. The highest BCUT2D eigenvalue weighted by Gasteiger charge is 2.39. The molecule has 86 valence electrons. The summed E-state index contributed by atoms with van der Waals surface area (Å²) >= 11 is 0. The number of carbonyl (C=O) groups excluding carboxylic acids is 2. The van der Waals surface area contributed by atoms with Crippen molar-refractivity contribution < 1.29 is 14.0 Å². The van der Waals surface area contributed by atoms with Crippen LogP contribution in [0.15, 0.2) is 0 Å². The van der Waals surface area contributed by atoms with Crippen LogP contribution in [-0.4, -0.2) is 42.0 Å². The Balaban J connectivity index is 2.90. The quantitative estimate of drug-likeness (QED) is 0.739. The van der Waals surface area contributed by atoms with E-state index in [1.165, 1.54) is 4.90 Å². The topological polar surface area (TPSA) is 49.4 Å². The van der Waals surface area contributed by atoms with Crippen LogP contribution in [0.5, 0.6) is 0 Å². The average molecular weight is 216 g/mol. The molecule has 5 heteroatoms. The van der Waals surface area contributed by atoms with Crippen molar-refractivity contribution in [3.8, 4) is 0 Å². The van der Waals surface area contributed by atoms with Crippen molar-refractivity contribution in [2.45, 2.75) is 32.9 Å². The lowest BCUT2D eigenvalue weighted by Gasteiger charge is -2.39. The molecule has 2 atom stereocenters. The molecule has 0 aromatic rings. The van der Waals surface area contributed by atoms with Gasteiger partial charge in [-0.05, 0) is 12.8 Å². The fourth-order valence-electron chi connectivity index (χ4n) is 1.89. The van der Waals surface area contributed by atoms with E-state index in [-0.39, 0.29) is 24.3 Å². The molecule has 1 N–H and O–H groups in total. The maximum atomic E-state index is 12.3. The molecule has 0 aromatic heterocycles. The number of halogens is 1. The van der Waals surface area contributed by atoms with Gasteiger partial charge >= 0.3 is 0 Å². The molecule has 4 nitrogen and oxygen atoms in total. The third kappa shape index (κ3) is 2.27. The summed E-state index contributed by atoms with van der Waals surface area (Å²) in [6.45, 7) is 4.69. The third-order valence-electron chi connectivity index (χ3n) is 2.57. The minimum Gasteiger partial charge on any atom is -0.343 e. The van der Waals surface area contributed by atoms with Gasteiger partial charge in [-0.2, -0.15) is 0 Å². The van der Waals surface area contributed by atoms with E-state index in [4.69, 9.17) is 0 Å². The minimum absolute atomic E-state index is 0.000556. The van der Waals surface area contributed by atoms with Crippen LogP contribution in [-0.2, 0) is 9.59 Å². The molecular formula is C10H17FN2O2. The van der Waals surface area contributed by atoms with E-state index in [0.717, 1.165) is 0 Å². The SMILES string of the molecule is CC1NC(=O)C(C(C)C)N(CCF)C1=O. The second kappa shape index (κ2) is 4.59. The lowest BCUT2D eigenvalue weighted by atomic mass is 9.97. The number of amides is 2. The molecule has 0 aliphatic carbocycles. The highest BCUT2D eigenvalue weighted by Crippen LogP contribution is 2.16. The molecule has 1 aliphatic rings. The third-order valence-corrected chi connectivity index (χ3v) is 2.57. The summed E-state index contributed by atoms with van der Waals surface area (Å²) in [6.07, 6.45) is 0. The zero-order valence-electron chi connectivity index (χ0n) is 9.29. The Morgan fingerprint density at radius 3 is 2.53 bits per heavy atom. The molecule has 0 radical (unpaired) electrons. The Hall–Kier alpha value is -1.13. The molecule has 1 fully saturated rings. The fourth-order valence-corrected chi connectivity index (χ4v) is 1.89. The van der Waals surface area contributed by atoms with Gasteiger partial charge in [0.05, 0.1) is 0 Å². The van der Waals surface area contributed by atoms with Gasteiger partial charge in [0.1, 0.15) is 18.8 Å². The van der Waals surface area contributed by atoms with Crippen LogP contribution in [0.25, 0.3) is 0 Å². The molecule has 0 bridgehead atoms. The van der Waals surface area contributed by atoms with Crippen LogP contribution >= 0.6 is 0 Å². The standard InChI is InChI=1S/C10H17FN2O2/c1-6(2)8-9(14)12-7(3)10(15)13(8)5-4-11/h6-8H,4-5H2,1-3H3,(H,12,14). The number of carbonyl (C=O) groups is 2. The first-order valence-electron chi connectivity index (χ1n) is 5.15. The van der Waals surface area contributed by atoms with Crippen molar-refractivity contribution in [1.29, 1.82) is 0 Å². The summed E-state index contributed by atoms with van der Waals surface area (Å²) in [5.74, 6) is -0.399. The molecule has 1 aliphatic heterocycles. The molecular weight excluding hydrogens is 199 g/mol. The normalized spacial score (nSPS) is 27.1. The molecule has 15 heavy (non-hydrogen) atoms. The summed E-state index contributed by atoms with van der Waals surface area (Å²) in [6, 6.07) is -1.08. The summed E-state index contributed by atoms with van der Waals surface area (Å²) < 4.78 is 12.3. The molecule has 1 rings (SSSR count). The van der Waals surface area contributed by atoms with Gasteiger partial charge in [0.2, 0.25) is 11.8 Å². The first kappa shape index (κ1) is 11.9. The van der Waals surface area contributed by atoms with Crippen LogP contribution in [0.4, 0.5) is 4.39 Å². The van der Waals surface area contributed by atoms with Gasteiger partial charge in [-0.25, -0.2) is 4.39 Å². The lowest BCUT2D eigenvalue weighted by Crippen LogP contribution is -2.64. The Morgan fingerprint density at radius 1 is 1.47 bits per heavy atom. The lowest BCUT2D eigenvalue weighted by molar-refractivity contribution is -0.150. The van der Waals surface area contributed by atoms with E-state index in [9.17, 15) is 14.0 Å². The maximum absolute atomic E-state index is 12.3. The molecule has 1 heterocycles. The molecule has 0 saturated carbocycles. The Labute approximate surface area is 88.8 Å². The first-order chi connectivity index (χ1) is 6.99. The van der Waals surface area contributed by atoms with Crippen molar-refractivity contribution in [1.82, 2.24) is 10.2 Å².